The average molecular weight is 281 g/mol. The predicted octanol–water partition coefficient (Wildman–Crippen LogP) is 4.26. The molecule has 0 N–H and O–H groups in total. The third-order valence-electron chi connectivity index (χ3n) is 4.51. The minimum atomic E-state index is 0.0652. The number of carbonyl (C=O) groups excluding carboxylic acids is 1. The van der Waals surface area contributed by atoms with Gasteiger partial charge in [-0.2, -0.15) is 0 Å². The van der Waals surface area contributed by atoms with Gasteiger partial charge in [0.15, 0.2) is 5.78 Å². The van der Waals surface area contributed by atoms with Crippen LogP contribution in [0.5, 0.6) is 0 Å². The lowest BCUT2D eigenvalue weighted by Gasteiger charge is -2.40. The molecule has 0 saturated carbocycles. The summed E-state index contributed by atoms with van der Waals surface area (Å²) in [5.41, 5.74) is 3.53. The molecular formula is C19H23NO. The molecule has 1 aromatic carbocycles. The van der Waals surface area contributed by atoms with Crippen LogP contribution >= 0.6 is 0 Å². The molecule has 0 amide bonds. The highest BCUT2D eigenvalue weighted by atomic mass is 16.1. The topological polar surface area (TPSA) is 20.3 Å². The fraction of sp³-hybridized carbons (Fsp3) is 0.421. The van der Waals surface area contributed by atoms with E-state index in [0.717, 1.165) is 18.5 Å². The first kappa shape index (κ1) is 14.1. The highest BCUT2D eigenvalue weighted by Crippen LogP contribution is 2.45. The number of ketones is 1. The van der Waals surface area contributed by atoms with Crippen molar-refractivity contribution in [3.63, 3.8) is 0 Å². The summed E-state index contributed by atoms with van der Waals surface area (Å²) in [7, 11) is 0. The van der Waals surface area contributed by atoms with Gasteiger partial charge in [0.05, 0.1) is 0 Å². The Morgan fingerprint density at radius 1 is 1.19 bits per heavy atom. The van der Waals surface area contributed by atoms with Gasteiger partial charge in [0.1, 0.15) is 0 Å². The summed E-state index contributed by atoms with van der Waals surface area (Å²) in [4.78, 5) is 15.0. The quantitative estimate of drug-likeness (QED) is 0.807. The molecule has 2 heteroatoms. The molecule has 3 rings (SSSR count). The maximum atomic E-state index is 12.8. The normalized spacial score (nSPS) is 24.2. The molecule has 110 valence electrons. The minimum absolute atomic E-state index is 0.0652. The van der Waals surface area contributed by atoms with Crippen molar-refractivity contribution < 1.29 is 4.79 Å². The molecule has 0 spiro atoms. The van der Waals surface area contributed by atoms with Crippen molar-refractivity contribution in [2.75, 3.05) is 6.54 Å². The number of hydrogen-bond donors (Lipinski definition) is 0. The number of rotatable bonds is 2. The van der Waals surface area contributed by atoms with E-state index in [1.807, 2.05) is 18.2 Å². The van der Waals surface area contributed by atoms with Gasteiger partial charge >= 0.3 is 0 Å². The maximum Gasteiger partial charge on any atom is 0.162 e. The van der Waals surface area contributed by atoms with Crippen LogP contribution in [0.4, 0.5) is 0 Å². The van der Waals surface area contributed by atoms with E-state index in [4.69, 9.17) is 0 Å². The van der Waals surface area contributed by atoms with Crippen molar-refractivity contribution in [1.29, 1.82) is 0 Å². The van der Waals surface area contributed by atoms with Crippen LogP contribution in [-0.2, 0) is 4.79 Å². The van der Waals surface area contributed by atoms with E-state index in [9.17, 15) is 4.79 Å². The zero-order valence-electron chi connectivity index (χ0n) is 13.1. The Balaban J connectivity index is 2.09. The molecule has 0 aromatic heterocycles. The third kappa shape index (κ3) is 2.55. The number of allylic oxidation sites excluding steroid dienone is 3. The first-order chi connectivity index (χ1) is 10.0. The maximum absolute atomic E-state index is 12.8. The van der Waals surface area contributed by atoms with Crippen LogP contribution in [0.25, 0.3) is 0 Å². The fourth-order valence-corrected chi connectivity index (χ4v) is 3.52. The van der Waals surface area contributed by atoms with E-state index < -0.39 is 0 Å². The Labute approximate surface area is 127 Å². The van der Waals surface area contributed by atoms with Crippen molar-refractivity contribution in [3.05, 3.63) is 59.4 Å². The van der Waals surface area contributed by atoms with Gasteiger partial charge in [0.2, 0.25) is 0 Å². The Morgan fingerprint density at radius 2 is 1.90 bits per heavy atom. The molecule has 1 aromatic rings. The summed E-state index contributed by atoms with van der Waals surface area (Å²) >= 11 is 0. The second kappa shape index (κ2) is 5.18. The van der Waals surface area contributed by atoms with Crippen molar-refractivity contribution in [3.8, 4) is 0 Å². The first-order valence-corrected chi connectivity index (χ1v) is 7.78. The van der Waals surface area contributed by atoms with Gasteiger partial charge in [-0.05, 0) is 24.3 Å². The molecule has 1 aliphatic heterocycles. The molecule has 2 aliphatic rings. The molecule has 1 heterocycles. The average Bonchev–Trinajstić information content (AvgIpc) is 2.46. The summed E-state index contributed by atoms with van der Waals surface area (Å²) in [5, 5.41) is 0. The monoisotopic (exact) mass is 281 g/mol. The molecule has 1 aliphatic carbocycles. The van der Waals surface area contributed by atoms with Crippen molar-refractivity contribution in [1.82, 2.24) is 4.90 Å². The van der Waals surface area contributed by atoms with Crippen LogP contribution in [-0.4, -0.2) is 17.2 Å². The minimum Gasteiger partial charge on any atom is -0.352 e. The van der Waals surface area contributed by atoms with E-state index in [1.54, 1.807) is 0 Å². The van der Waals surface area contributed by atoms with Crippen LogP contribution < -0.4 is 0 Å². The lowest BCUT2D eigenvalue weighted by Crippen LogP contribution is -2.35. The van der Waals surface area contributed by atoms with Crippen LogP contribution in [0.2, 0.25) is 0 Å². The Bertz CT molecular complexity index is 610. The second-order valence-corrected chi connectivity index (χ2v) is 6.82. The summed E-state index contributed by atoms with van der Waals surface area (Å²) in [6.45, 7) is 7.45. The second-order valence-electron chi connectivity index (χ2n) is 6.82. The van der Waals surface area contributed by atoms with Crippen molar-refractivity contribution in [2.45, 2.75) is 39.5 Å². The largest absolute Gasteiger partial charge is 0.352 e. The number of hydrogen-bond acceptors (Lipinski definition) is 2. The third-order valence-corrected chi connectivity index (χ3v) is 4.51. The van der Waals surface area contributed by atoms with Gasteiger partial charge in [-0.3, -0.25) is 4.79 Å². The molecule has 21 heavy (non-hydrogen) atoms. The molecule has 1 atom stereocenters. The Hall–Kier alpha value is -1.83. The van der Waals surface area contributed by atoms with E-state index in [1.165, 1.54) is 11.3 Å². The number of Topliss-reactive ketones (excluding diaryl/α,β-unsaturated/α-hetero) is 1. The molecule has 0 radical (unpaired) electrons. The van der Waals surface area contributed by atoms with Crippen LogP contribution in [0.1, 0.15) is 45.1 Å². The fourth-order valence-electron chi connectivity index (χ4n) is 3.52. The molecule has 2 nitrogen and oxygen atoms in total. The van der Waals surface area contributed by atoms with Gasteiger partial charge < -0.3 is 4.90 Å². The van der Waals surface area contributed by atoms with Gasteiger partial charge in [-0.15, -0.1) is 0 Å². The molecular weight excluding hydrogens is 258 g/mol. The highest BCUT2D eigenvalue weighted by molar-refractivity contribution is 5.99. The summed E-state index contributed by atoms with van der Waals surface area (Å²) < 4.78 is 0. The lowest BCUT2D eigenvalue weighted by atomic mass is 9.70. The standard InChI is InChI=1S/C19H23NO/c1-4-20-11-10-15(14-8-6-5-7-9-14)18-16(20)12-19(2,3)13-17(18)21/h5-11,15H,4,12-13H2,1-3H3. The zero-order chi connectivity index (χ0) is 15.0. The van der Waals surface area contributed by atoms with E-state index >= 15 is 0 Å². The molecule has 0 fully saturated rings. The first-order valence-electron chi connectivity index (χ1n) is 7.78. The number of benzene rings is 1. The smallest absolute Gasteiger partial charge is 0.162 e. The van der Waals surface area contributed by atoms with E-state index in [-0.39, 0.29) is 11.3 Å². The van der Waals surface area contributed by atoms with Gasteiger partial charge in [0.25, 0.3) is 0 Å². The molecule has 1 unspecified atom stereocenters. The summed E-state index contributed by atoms with van der Waals surface area (Å²) in [6.07, 6.45) is 5.97. The van der Waals surface area contributed by atoms with Crippen LogP contribution in [0.3, 0.4) is 0 Å². The molecule has 0 bridgehead atoms. The van der Waals surface area contributed by atoms with E-state index in [2.05, 4.69) is 50.1 Å². The van der Waals surface area contributed by atoms with Crippen LogP contribution in [0.15, 0.2) is 53.9 Å². The van der Waals surface area contributed by atoms with Gasteiger partial charge in [-0.25, -0.2) is 0 Å². The van der Waals surface area contributed by atoms with E-state index in [0.29, 0.717) is 12.2 Å². The number of carbonyl (C=O) groups is 1. The van der Waals surface area contributed by atoms with Gasteiger partial charge in [0, 0.05) is 36.4 Å². The van der Waals surface area contributed by atoms with Crippen molar-refractivity contribution >= 4 is 5.78 Å². The van der Waals surface area contributed by atoms with Crippen LogP contribution in [0, 0.1) is 5.41 Å². The lowest BCUT2D eigenvalue weighted by molar-refractivity contribution is -0.118. The zero-order valence-corrected chi connectivity index (χ0v) is 13.1. The summed E-state index contributed by atoms with van der Waals surface area (Å²) in [6, 6.07) is 10.4. The SMILES string of the molecule is CCN1C=CC(c2ccccc2)C2=C1CC(C)(C)CC2=O. The number of nitrogens with zero attached hydrogens (tertiary/aromatic N) is 1. The molecule has 0 saturated heterocycles. The van der Waals surface area contributed by atoms with Crippen molar-refractivity contribution in [2.24, 2.45) is 5.41 Å². The summed E-state index contributed by atoms with van der Waals surface area (Å²) in [5.74, 6) is 0.436. The predicted molar refractivity (Wildman–Crippen MR) is 85.8 cm³/mol. The Morgan fingerprint density at radius 3 is 2.57 bits per heavy atom. The Kier molecular flexibility index (Phi) is 3.48. The highest BCUT2D eigenvalue weighted by Gasteiger charge is 2.38. The van der Waals surface area contributed by atoms with Gasteiger partial charge in [-0.1, -0.05) is 50.3 Å².